The van der Waals surface area contributed by atoms with Gasteiger partial charge in [-0.25, -0.2) is 0 Å². The van der Waals surface area contributed by atoms with E-state index in [4.69, 9.17) is 0 Å². The molecule has 0 saturated heterocycles. The van der Waals surface area contributed by atoms with Gasteiger partial charge in [-0.1, -0.05) is 24.3 Å². The van der Waals surface area contributed by atoms with E-state index in [0.29, 0.717) is 0 Å². The monoisotopic (exact) mass is 227 g/mol. The molecule has 0 radical (unpaired) electrons. The zero-order valence-corrected chi connectivity index (χ0v) is 9.84. The van der Waals surface area contributed by atoms with Crippen molar-refractivity contribution in [3.05, 3.63) is 53.9 Å². The van der Waals surface area contributed by atoms with Crippen LogP contribution in [0.1, 0.15) is 24.0 Å². The summed E-state index contributed by atoms with van der Waals surface area (Å²) in [6.45, 7) is 1.84. The number of benzene rings is 1. The fourth-order valence-electron chi connectivity index (χ4n) is 1.97. The van der Waals surface area contributed by atoms with Gasteiger partial charge in [-0.3, -0.25) is 4.68 Å². The maximum Gasteiger partial charge on any atom is 0.0659 e. The summed E-state index contributed by atoms with van der Waals surface area (Å²) in [6, 6.07) is 11.5. The van der Waals surface area contributed by atoms with Crippen LogP contribution in [-0.4, -0.2) is 15.8 Å². The molecule has 1 N–H and O–H groups in total. The first-order valence-electron chi connectivity index (χ1n) is 6.19. The number of nitrogens with one attached hydrogen (secondary N) is 1. The predicted octanol–water partition coefficient (Wildman–Crippen LogP) is 2.18. The predicted molar refractivity (Wildman–Crippen MR) is 67.6 cm³/mol. The van der Waals surface area contributed by atoms with Crippen LogP contribution in [0.25, 0.3) is 0 Å². The van der Waals surface area contributed by atoms with Crippen molar-refractivity contribution in [2.24, 2.45) is 0 Å². The molecule has 1 aromatic heterocycles. The zero-order valence-electron chi connectivity index (χ0n) is 9.84. The first kappa shape index (κ1) is 10.5. The van der Waals surface area contributed by atoms with Gasteiger partial charge in [-0.15, -0.1) is 0 Å². The largest absolute Gasteiger partial charge is 0.310 e. The normalized spacial score (nSPS) is 15.1. The lowest BCUT2D eigenvalue weighted by molar-refractivity contribution is 0.675. The van der Waals surface area contributed by atoms with Gasteiger partial charge in [-0.05, 0) is 30.0 Å². The summed E-state index contributed by atoms with van der Waals surface area (Å²) in [6.07, 6.45) is 6.49. The van der Waals surface area contributed by atoms with Crippen LogP contribution >= 0.6 is 0 Å². The average molecular weight is 227 g/mol. The second kappa shape index (κ2) is 4.72. The van der Waals surface area contributed by atoms with E-state index in [1.54, 1.807) is 0 Å². The maximum atomic E-state index is 4.23. The van der Waals surface area contributed by atoms with Gasteiger partial charge in [0, 0.05) is 25.0 Å². The fourth-order valence-corrected chi connectivity index (χ4v) is 1.97. The van der Waals surface area contributed by atoms with E-state index >= 15 is 0 Å². The van der Waals surface area contributed by atoms with Crippen molar-refractivity contribution in [3.8, 4) is 0 Å². The highest BCUT2D eigenvalue weighted by molar-refractivity contribution is 5.23. The third-order valence-electron chi connectivity index (χ3n) is 3.07. The second-order valence-electron chi connectivity index (χ2n) is 4.68. The van der Waals surface area contributed by atoms with Crippen molar-refractivity contribution in [2.45, 2.75) is 32.0 Å². The molecule has 88 valence electrons. The van der Waals surface area contributed by atoms with E-state index in [-0.39, 0.29) is 0 Å². The third-order valence-corrected chi connectivity index (χ3v) is 3.07. The van der Waals surface area contributed by atoms with Crippen molar-refractivity contribution < 1.29 is 0 Å². The molecule has 1 heterocycles. The number of nitrogens with zero attached hydrogens (tertiary/aromatic N) is 2. The van der Waals surface area contributed by atoms with Gasteiger partial charge in [0.2, 0.25) is 0 Å². The molecule has 1 aliphatic rings. The summed E-state index contributed by atoms with van der Waals surface area (Å²) in [5, 5.41) is 7.76. The Labute approximate surface area is 101 Å². The average Bonchev–Trinajstić information content (AvgIpc) is 3.05. The Kier molecular flexibility index (Phi) is 2.92. The van der Waals surface area contributed by atoms with Crippen LogP contribution in [0.4, 0.5) is 0 Å². The molecule has 3 rings (SSSR count). The minimum Gasteiger partial charge on any atom is -0.310 e. The van der Waals surface area contributed by atoms with Crippen LogP contribution in [0.3, 0.4) is 0 Å². The van der Waals surface area contributed by atoms with Crippen LogP contribution in [0.5, 0.6) is 0 Å². The lowest BCUT2D eigenvalue weighted by Crippen LogP contribution is -2.15. The van der Waals surface area contributed by atoms with Gasteiger partial charge in [0.25, 0.3) is 0 Å². The maximum absolute atomic E-state index is 4.23. The summed E-state index contributed by atoms with van der Waals surface area (Å²) in [7, 11) is 0. The number of hydrogen-bond donors (Lipinski definition) is 1. The van der Waals surface area contributed by atoms with Gasteiger partial charge in [0.15, 0.2) is 0 Å². The van der Waals surface area contributed by atoms with Crippen molar-refractivity contribution >= 4 is 0 Å². The molecule has 3 heteroatoms. The molecule has 0 amide bonds. The third kappa shape index (κ3) is 2.94. The Morgan fingerprint density at radius 1 is 1.24 bits per heavy atom. The first-order valence-corrected chi connectivity index (χ1v) is 6.19. The van der Waals surface area contributed by atoms with E-state index in [1.165, 1.54) is 24.0 Å². The van der Waals surface area contributed by atoms with E-state index in [0.717, 1.165) is 19.1 Å². The van der Waals surface area contributed by atoms with Gasteiger partial charge in [0.1, 0.15) is 0 Å². The Hall–Kier alpha value is -1.61. The van der Waals surface area contributed by atoms with E-state index in [9.17, 15) is 0 Å². The summed E-state index contributed by atoms with van der Waals surface area (Å²) in [5.74, 6) is 0. The zero-order chi connectivity index (χ0) is 11.5. The van der Waals surface area contributed by atoms with Crippen LogP contribution in [0.15, 0.2) is 42.7 Å². The Balaban J connectivity index is 1.65. The fraction of sp³-hybridized carbons (Fsp3) is 0.357. The minimum atomic E-state index is 0.768. The summed E-state index contributed by atoms with van der Waals surface area (Å²) >= 11 is 0. The lowest BCUT2D eigenvalue weighted by atomic mass is 10.1. The molecule has 1 saturated carbocycles. The number of rotatable bonds is 5. The minimum absolute atomic E-state index is 0.768. The highest BCUT2D eigenvalue weighted by atomic mass is 15.3. The van der Waals surface area contributed by atoms with Crippen LogP contribution in [0, 0.1) is 0 Å². The molecular weight excluding hydrogens is 210 g/mol. The van der Waals surface area contributed by atoms with Crippen LogP contribution < -0.4 is 5.32 Å². The molecule has 0 unspecified atom stereocenters. The SMILES string of the molecule is c1cc(CNC2CC2)cc(Cn2cccn2)c1. The summed E-state index contributed by atoms with van der Waals surface area (Å²) < 4.78 is 1.95. The smallest absolute Gasteiger partial charge is 0.0659 e. The van der Waals surface area contributed by atoms with E-state index < -0.39 is 0 Å². The number of hydrogen-bond acceptors (Lipinski definition) is 2. The molecule has 0 atom stereocenters. The van der Waals surface area contributed by atoms with Crippen molar-refractivity contribution in [2.75, 3.05) is 0 Å². The quantitative estimate of drug-likeness (QED) is 0.848. The Morgan fingerprint density at radius 2 is 2.12 bits per heavy atom. The van der Waals surface area contributed by atoms with Crippen molar-refractivity contribution in [1.82, 2.24) is 15.1 Å². The van der Waals surface area contributed by atoms with E-state index in [1.807, 2.05) is 23.1 Å². The van der Waals surface area contributed by atoms with Crippen molar-refractivity contribution in [1.29, 1.82) is 0 Å². The summed E-state index contributed by atoms with van der Waals surface area (Å²) in [4.78, 5) is 0. The van der Waals surface area contributed by atoms with Gasteiger partial charge >= 0.3 is 0 Å². The van der Waals surface area contributed by atoms with Gasteiger partial charge in [0.05, 0.1) is 6.54 Å². The molecule has 3 nitrogen and oxygen atoms in total. The lowest BCUT2D eigenvalue weighted by Gasteiger charge is -2.06. The van der Waals surface area contributed by atoms with Gasteiger partial charge in [-0.2, -0.15) is 5.10 Å². The molecule has 1 aromatic carbocycles. The molecule has 1 aliphatic carbocycles. The highest BCUT2D eigenvalue weighted by Crippen LogP contribution is 2.19. The molecule has 0 spiro atoms. The van der Waals surface area contributed by atoms with Crippen LogP contribution in [-0.2, 0) is 13.1 Å². The molecule has 0 bridgehead atoms. The van der Waals surface area contributed by atoms with E-state index in [2.05, 4.69) is 34.7 Å². The molecule has 0 aliphatic heterocycles. The summed E-state index contributed by atoms with van der Waals surface area (Å²) in [5.41, 5.74) is 2.67. The first-order chi connectivity index (χ1) is 8.40. The van der Waals surface area contributed by atoms with Crippen LogP contribution in [0.2, 0.25) is 0 Å². The van der Waals surface area contributed by atoms with Gasteiger partial charge < -0.3 is 5.32 Å². The molecule has 17 heavy (non-hydrogen) atoms. The highest BCUT2D eigenvalue weighted by Gasteiger charge is 2.19. The Morgan fingerprint density at radius 3 is 2.88 bits per heavy atom. The standard InChI is InChI=1S/C14H17N3/c1-3-12(10-15-14-5-6-14)9-13(4-1)11-17-8-2-7-16-17/h1-4,7-9,14-15H,5-6,10-11H2. The Bertz CT molecular complexity index is 472. The second-order valence-corrected chi connectivity index (χ2v) is 4.68. The molecular formula is C14H17N3. The molecule has 2 aromatic rings. The molecule has 1 fully saturated rings. The number of aromatic nitrogens is 2. The topological polar surface area (TPSA) is 29.9 Å². The van der Waals surface area contributed by atoms with Crippen molar-refractivity contribution in [3.63, 3.8) is 0 Å².